The molecule has 0 N–H and O–H groups in total. The first-order valence-electron chi connectivity index (χ1n) is 7.20. The van der Waals surface area contributed by atoms with Crippen molar-refractivity contribution in [2.24, 2.45) is 11.3 Å². The third-order valence-corrected chi connectivity index (χ3v) is 8.76. The molecular weight excluding hydrogens is 416 g/mol. The van der Waals surface area contributed by atoms with E-state index in [0.717, 1.165) is 23.5 Å². The smallest absolute Gasteiger partial charge is 0.150 e. The van der Waals surface area contributed by atoms with E-state index in [4.69, 9.17) is 0 Å². The molecule has 5 heteroatoms. The summed E-state index contributed by atoms with van der Waals surface area (Å²) in [6, 6.07) is 6.56. The van der Waals surface area contributed by atoms with Gasteiger partial charge in [0.15, 0.2) is 9.84 Å². The van der Waals surface area contributed by atoms with Crippen LogP contribution >= 0.6 is 31.9 Å². The SMILES string of the molecule is Cc1ccc(CC(CBr)(CBr)C2CCS(=O)(=O)C2)cc1C. The van der Waals surface area contributed by atoms with Crippen LogP contribution in [-0.4, -0.2) is 30.6 Å². The molecule has 0 bridgehead atoms. The lowest BCUT2D eigenvalue weighted by Crippen LogP contribution is -2.37. The molecule has 0 saturated carbocycles. The van der Waals surface area contributed by atoms with Gasteiger partial charge in [-0.25, -0.2) is 8.42 Å². The fourth-order valence-corrected chi connectivity index (χ4v) is 7.28. The van der Waals surface area contributed by atoms with Crippen molar-refractivity contribution in [1.82, 2.24) is 0 Å². The number of hydrogen-bond acceptors (Lipinski definition) is 2. The second-order valence-electron chi connectivity index (χ2n) is 6.32. The summed E-state index contributed by atoms with van der Waals surface area (Å²) in [7, 11) is -2.85. The second-order valence-corrected chi connectivity index (χ2v) is 9.68. The van der Waals surface area contributed by atoms with Gasteiger partial charge in [-0.1, -0.05) is 50.1 Å². The van der Waals surface area contributed by atoms with Crippen molar-refractivity contribution in [2.75, 3.05) is 22.2 Å². The van der Waals surface area contributed by atoms with Crippen LogP contribution in [0, 0.1) is 25.2 Å². The quantitative estimate of drug-likeness (QED) is 0.651. The van der Waals surface area contributed by atoms with Crippen LogP contribution in [0.4, 0.5) is 0 Å². The number of benzene rings is 1. The van der Waals surface area contributed by atoms with Crippen LogP contribution in [0.15, 0.2) is 18.2 Å². The van der Waals surface area contributed by atoms with E-state index >= 15 is 0 Å². The molecule has 0 aromatic heterocycles. The summed E-state index contributed by atoms with van der Waals surface area (Å²) >= 11 is 7.29. The number of sulfone groups is 1. The topological polar surface area (TPSA) is 34.1 Å². The van der Waals surface area contributed by atoms with Crippen LogP contribution in [0.25, 0.3) is 0 Å². The van der Waals surface area contributed by atoms with E-state index in [-0.39, 0.29) is 11.3 Å². The fourth-order valence-electron chi connectivity index (χ4n) is 3.09. The maximum absolute atomic E-state index is 11.8. The Kier molecular flexibility index (Phi) is 5.59. The molecule has 118 valence electrons. The van der Waals surface area contributed by atoms with Crippen molar-refractivity contribution in [1.29, 1.82) is 0 Å². The number of rotatable bonds is 5. The molecule has 2 nitrogen and oxygen atoms in total. The maximum Gasteiger partial charge on any atom is 0.150 e. The lowest BCUT2D eigenvalue weighted by atomic mass is 9.74. The average molecular weight is 438 g/mol. The number of halogens is 2. The molecule has 1 aliphatic heterocycles. The monoisotopic (exact) mass is 436 g/mol. The van der Waals surface area contributed by atoms with Crippen molar-refractivity contribution >= 4 is 41.7 Å². The standard InChI is InChI=1S/C16H22Br2O2S/c1-12-3-4-14(7-13(12)2)8-16(10-17,11-18)15-5-6-21(19,20)9-15/h3-4,7,15H,5-6,8-11H2,1-2H3. The molecular formula is C16H22Br2O2S. The van der Waals surface area contributed by atoms with Crippen molar-refractivity contribution in [2.45, 2.75) is 26.7 Å². The Morgan fingerprint density at radius 1 is 1.19 bits per heavy atom. The van der Waals surface area contributed by atoms with E-state index in [9.17, 15) is 8.42 Å². The van der Waals surface area contributed by atoms with Gasteiger partial charge in [0.25, 0.3) is 0 Å². The summed E-state index contributed by atoms with van der Waals surface area (Å²) in [6.07, 6.45) is 1.69. The first-order valence-corrected chi connectivity index (χ1v) is 11.3. The molecule has 1 unspecified atom stereocenters. The third-order valence-electron chi connectivity index (χ3n) is 4.76. The molecule has 1 saturated heterocycles. The maximum atomic E-state index is 11.8. The normalized spacial score (nSPS) is 21.6. The van der Waals surface area contributed by atoms with Crippen molar-refractivity contribution in [3.63, 3.8) is 0 Å². The van der Waals surface area contributed by atoms with Crippen molar-refractivity contribution < 1.29 is 8.42 Å². The molecule has 21 heavy (non-hydrogen) atoms. The zero-order chi connectivity index (χ0) is 15.7. The van der Waals surface area contributed by atoms with E-state index in [1.54, 1.807) is 0 Å². The zero-order valence-corrected chi connectivity index (χ0v) is 16.5. The lowest BCUT2D eigenvalue weighted by molar-refractivity contribution is 0.253. The highest BCUT2D eigenvalue weighted by Crippen LogP contribution is 2.42. The van der Waals surface area contributed by atoms with E-state index in [2.05, 4.69) is 63.9 Å². The van der Waals surface area contributed by atoms with Gasteiger partial charge in [0.2, 0.25) is 0 Å². The molecule has 1 atom stereocenters. The lowest BCUT2D eigenvalue weighted by Gasteiger charge is -2.36. The summed E-state index contributed by atoms with van der Waals surface area (Å²) in [4.78, 5) is 0. The minimum Gasteiger partial charge on any atom is -0.229 e. The first kappa shape index (κ1) is 17.5. The van der Waals surface area contributed by atoms with Gasteiger partial charge in [0.1, 0.15) is 0 Å². The van der Waals surface area contributed by atoms with Gasteiger partial charge in [0.05, 0.1) is 11.5 Å². The molecule has 1 aromatic carbocycles. The van der Waals surface area contributed by atoms with Crippen LogP contribution in [0.1, 0.15) is 23.1 Å². The van der Waals surface area contributed by atoms with Crippen molar-refractivity contribution in [3.05, 3.63) is 34.9 Å². The molecule has 2 rings (SSSR count). The van der Waals surface area contributed by atoms with Gasteiger partial charge in [-0.2, -0.15) is 0 Å². The molecule has 1 fully saturated rings. The van der Waals surface area contributed by atoms with E-state index in [1.165, 1.54) is 16.7 Å². The first-order chi connectivity index (χ1) is 9.82. The Labute approximate surface area is 144 Å². The molecule has 1 aromatic rings. The summed E-state index contributed by atoms with van der Waals surface area (Å²) in [5.74, 6) is 0.893. The number of aryl methyl sites for hydroxylation is 2. The van der Waals surface area contributed by atoms with Gasteiger partial charge in [-0.3, -0.25) is 0 Å². The second kappa shape index (κ2) is 6.71. The van der Waals surface area contributed by atoms with Gasteiger partial charge >= 0.3 is 0 Å². The highest BCUT2D eigenvalue weighted by atomic mass is 79.9. The molecule has 0 amide bonds. The molecule has 0 spiro atoms. The van der Waals surface area contributed by atoms with E-state index in [0.29, 0.717) is 11.5 Å². The largest absolute Gasteiger partial charge is 0.229 e. The van der Waals surface area contributed by atoms with Gasteiger partial charge in [-0.15, -0.1) is 0 Å². The van der Waals surface area contributed by atoms with Crippen molar-refractivity contribution in [3.8, 4) is 0 Å². The molecule has 1 aliphatic rings. The molecule has 1 heterocycles. The predicted molar refractivity (Wildman–Crippen MR) is 96.4 cm³/mol. The van der Waals surface area contributed by atoms with Crippen LogP contribution in [0.2, 0.25) is 0 Å². The van der Waals surface area contributed by atoms with Gasteiger partial charge in [-0.05, 0) is 54.7 Å². The van der Waals surface area contributed by atoms with Crippen LogP contribution in [0.3, 0.4) is 0 Å². The minimum atomic E-state index is -2.85. The molecule has 0 aliphatic carbocycles. The van der Waals surface area contributed by atoms with Gasteiger partial charge < -0.3 is 0 Å². The van der Waals surface area contributed by atoms with Crippen LogP contribution < -0.4 is 0 Å². The van der Waals surface area contributed by atoms with E-state index in [1.807, 2.05) is 0 Å². The Hall–Kier alpha value is 0.130. The Balaban J connectivity index is 2.27. The highest BCUT2D eigenvalue weighted by molar-refractivity contribution is 9.09. The number of hydrogen-bond donors (Lipinski definition) is 0. The summed E-state index contributed by atoms with van der Waals surface area (Å²) in [5, 5.41) is 1.64. The molecule has 0 radical (unpaired) electrons. The van der Waals surface area contributed by atoms with Crippen LogP contribution in [-0.2, 0) is 16.3 Å². The predicted octanol–water partition coefficient (Wildman–Crippen LogP) is 4.06. The fraction of sp³-hybridized carbons (Fsp3) is 0.625. The van der Waals surface area contributed by atoms with E-state index < -0.39 is 9.84 Å². The van der Waals surface area contributed by atoms with Gasteiger partial charge in [0, 0.05) is 10.7 Å². The summed E-state index contributed by atoms with van der Waals surface area (Å²) in [6.45, 7) is 4.24. The highest BCUT2D eigenvalue weighted by Gasteiger charge is 2.43. The zero-order valence-electron chi connectivity index (χ0n) is 12.5. The Morgan fingerprint density at radius 3 is 2.33 bits per heavy atom. The average Bonchev–Trinajstić information content (AvgIpc) is 2.81. The number of alkyl halides is 2. The summed E-state index contributed by atoms with van der Waals surface area (Å²) < 4.78 is 23.7. The summed E-state index contributed by atoms with van der Waals surface area (Å²) in [5.41, 5.74) is 3.85. The van der Waals surface area contributed by atoms with Crippen LogP contribution in [0.5, 0.6) is 0 Å². The third kappa shape index (κ3) is 3.91. The Morgan fingerprint density at radius 2 is 1.86 bits per heavy atom. The Bertz CT molecular complexity index is 607. The minimum absolute atomic E-state index is 0.0364.